The summed E-state index contributed by atoms with van der Waals surface area (Å²) in [5.74, 6) is -2.11. The van der Waals surface area contributed by atoms with E-state index in [2.05, 4.69) is 10.6 Å². The second kappa shape index (κ2) is 12.0. The third-order valence-electron chi connectivity index (χ3n) is 6.89. The fourth-order valence-electron chi connectivity index (χ4n) is 4.73. The maximum Gasteiger partial charge on any atom is 0.408 e. The number of nitrogens with one attached hydrogen (secondary N) is 2. The number of ether oxygens (including phenoxy) is 1. The molecule has 3 rings (SSSR count). The molecule has 1 fully saturated rings. The van der Waals surface area contributed by atoms with E-state index in [1.165, 1.54) is 4.90 Å². The molecule has 4 amide bonds. The summed E-state index contributed by atoms with van der Waals surface area (Å²) in [5.41, 5.74) is 7.62. The first-order chi connectivity index (χ1) is 18.6. The molecule has 10 heteroatoms. The lowest BCUT2D eigenvalue weighted by Crippen LogP contribution is -2.54. The highest BCUT2D eigenvalue weighted by Gasteiger charge is 2.49. The Kier molecular flexibility index (Phi) is 9.12. The quantitative estimate of drug-likeness (QED) is 0.369. The molecule has 4 atom stereocenters. The molecule has 1 saturated carbocycles. The number of amides is 4. The number of aromatic hydroxyl groups is 1. The van der Waals surface area contributed by atoms with Crippen molar-refractivity contribution in [1.29, 1.82) is 0 Å². The Hall–Kier alpha value is -4.08. The fourth-order valence-corrected chi connectivity index (χ4v) is 4.73. The minimum Gasteiger partial charge on any atom is -0.507 e. The molecular weight excluding hydrogens is 512 g/mol. The van der Waals surface area contributed by atoms with Gasteiger partial charge in [0, 0.05) is 17.3 Å². The summed E-state index contributed by atoms with van der Waals surface area (Å²) in [5, 5.41) is 16.5. The number of primary amides is 1. The molecule has 1 aliphatic rings. The van der Waals surface area contributed by atoms with Crippen molar-refractivity contribution in [3.63, 3.8) is 0 Å². The van der Waals surface area contributed by atoms with Gasteiger partial charge in [-0.25, -0.2) is 4.79 Å². The standard InChI is InChI=1S/C30H40N4O6/c1-16-10-8-11-17(2)24(16)33-27(37)25(20-13-9-12-18(3)26(20)36)34(22-14-19(22)4)28(38)21(15-23(31)35)32-29(39)40-30(5,6)7/h8-13,19,21-22,25,36H,14-15H2,1-7H3,(H2,31,35)(H,32,39)(H,33,37). The van der Waals surface area contributed by atoms with Crippen molar-refractivity contribution in [3.8, 4) is 5.75 Å². The summed E-state index contributed by atoms with van der Waals surface area (Å²) in [7, 11) is 0. The van der Waals surface area contributed by atoms with Crippen LogP contribution < -0.4 is 16.4 Å². The molecule has 0 aliphatic heterocycles. The van der Waals surface area contributed by atoms with Gasteiger partial charge in [0.1, 0.15) is 23.4 Å². The number of hydrogen-bond donors (Lipinski definition) is 4. The minimum absolute atomic E-state index is 0.0437. The van der Waals surface area contributed by atoms with Crippen molar-refractivity contribution in [2.45, 2.75) is 85.0 Å². The van der Waals surface area contributed by atoms with Crippen LogP contribution in [0.3, 0.4) is 0 Å². The summed E-state index contributed by atoms with van der Waals surface area (Å²) >= 11 is 0. The second-order valence-electron chi connectivity index (χ2n) is 11.6. The van der Waals surface area contributed by atoms with E-state index in [0.717, 1.165) is 11.1 Å². The zero-order valence-corrected chi connectivity index (χ0v) is 24.2. The fraction of sp³-hybridized carbons (Fsp3) is 0.467. The Morgan fingerprint density at radius 3 is 2.12 bits per heavy atom. The number of aryl methyl sites for hydroxylation is 3. The Balaban J connectivity index is 2.11. The molecule has 0 radical (unpaired) electrons. The molecule has 0 heterocycles. The topological polar surface area (TPSA) is 151 Å². The summed E-state index contributed by atoms with van der Waals surface area (Å²) < 4.78 is 5.32. The molecule has 0 saturated heterocycles. The minimum atomic E-state index is -1.39. The third kappa shape index (κ3) is 7.31. The number of nitrogens with two attached hydrogens (primary N) is 1. The van der Waals surface area contributed by atoms with Gasteiger partial charge in [0.25, 0.3) is 5.91 Å². The first kappa shape index (κ1) is 30.5. The normalized spacial score (nSPS) is 17.8. The Labute approximate surface area is 235 Å². The Bertz CT molecular complexity index is 1280. The largest absolute Gasteiger partial charge is 0.507 e. The molecule has 1 aliphatic carbocycles. The van der Waals surface area contributed by atoms with Gasteiger partial charge in [-0.15, -0.1) is 0 Å². The van der Waals surface area contributed by atoms with Crippen LogP contribution in [0.4, 0.5) is 10.5 Å². The zero-order valence-electron chi connectivity index (χ0n) is 24.2. The van der Waals surface area contributed by atoms with E-state index >= 15 is 0 Å². The van der Waals surface area contributed by atoms with Crippen LogP contribution >= 0.6 is 0 Å². The number of benzene rings is 2. The number of nitrogens with zero attached hydrogens (tertiary/aromatic N) is 1. The molecule has 4 unspecified atom stereocenters. The number of alkyl carbamates (subject to hydrolysis) is 1. The lowest BCUT2D eigenvalue weighted by Gasteiger charge is -2.35. The number of rotatable bonds is 9. The van der Waals surface area contributed by atoms with E-state index in [1.54, 1.807) is 45.9 Å². The van der Waals surface area contributed by atoms with E-state index in [1.807, 2.05) is 39.0 Å². The van der Waals surface area contributed by atoms with Crippen molar-refractivity contribution >= 4 is 29.5 Å². The van der Waals surface area contributed by atoms with Crippen LogP contribution in [0.15, 0.2) is 36.4 Å². The van der Waals surface area contributed by atoms with Crippen molar-refractivity contribution < 1.29 is 29.0 Å². The lowest BCUT2D eigenvalue weighted by atomic mass is 9.98. The van der Waals surface area contributed by atoms with Crippen LogP contribution in [0.2, 0.25) is 0 Å². The number of anilines is 1. The Morgan fingerprint density at radius 1 is 1.05 bits per heavy atom. The Morgan fingerprint density at radius 2 is 1.60 bits per heavy atom. The zero-order chi connectivity index (χ0) is 29.9. The average Bonchev–Trinajstić information content (AvgIpc) is 3.55. The van der Waals surface area contributed by atoms with Crippen molar-refractivity contribution in [1.82, 2.24) is 10.2 Å². The highest BCUT2D eigenvalue weighted by atomic mass is 16.6. The van der Waals surface area contributed by atoms with Crippen molar-refractivity contribution in [3.05, 3.63) is 58.7 Å². The first-order valence-electron chi connectivity index (χ1n) is 13.4. The van der Waals surface area contributed by atoms with Gasteiger partial charge in [0.15, 0.2) is 0 Å². The summed E-state index contributed by atoms with van der Waals surface area (Å²) in [4.78, 5) is 54.3. The lowest BCUT2D eigenvalue weighted by molar-refractivity contribution is -0.142. The maximum atomic E-state index is 14.2. The van der Waals surface area contributed by atoms with E-state index < -0.39 is 47.9 Å². The number of carbonyl (C=O) groups is 4. The molecule has 2 aromatic carbocycles. The predicted octanol–water partition coefficient (Wildman–Crippen LogP) is 4.00. The summed E-state index contributed by atoms with van der Waals surface area (Å²) in [6, 6.07) is 7.56. The van der Waals surface area contributed by atoms with E-state index in [4.69, 9.17) is 10.5 Å². The van der Waals surface area contributed by atoms with E-state index in [-0.39, 0.29) is 23.3 Å². The van der Waals surface area contributed by atoms with Crippen LogP contribution in [0.25, 0.3) is 0 Å². The molecule has 40 heavy (non-hydrogen) atoms. The SMILES string of the molecule is Cc1cccc(C(C(=O)Nc2c(C)cccc2C)N(C(=O)C(CC(N)=O)NC(=O)OC(C)(C)C)C2CC2C)c1O. The smallest absolute Gasteiger partial charge is 0.408 e. The molecule has 2 aromatic rings. The van der Waals surface area contributed by atoms with Gasteiger partial charge < -0.3 is 31.1 Å². The maximum absolute atomic E-state index is 14.2. The van der Waals surface area contributed by atoms with Gasteiger partial charge in [-0.3, -0.25) is 14.4 Å². The van der Waals surface area contributed by atoms with Crippen LogP contribution in [0, 0.1) is 26.7 Å². The van der Waals surface area contributed by atoms with Crippen LogP contribution in [0.5, 0.6) is 5.75 Å². The highest BCUT2D eigenvalue weighted by molar-refractivity contribution is 6.01. The number of para-hydroxylation sites is 2. The number of hydrogen-bond acceptors (Lipinski definition) is 6. The van der Waals surface area contributed by atoms with Crippen molar-refractivity contribution in [2.24, 2.45) is 11.7 Å². The van der Waals surface area contributed by atoms with Crippen molar-refractivity contribution in [2.75, 3.05) is 5.32 Å². The summed E-state index contributed by atoms with van der Waals surface area (Å²) in [6.45, 7) is 12.4. The van der Waals surface area contributed by atoms with Crippen LogP contribution in [-0.4, -0.2) is 51.5 Å². The predicted molar refractivity (Wildman–Crippen MR) is 152 cm³/mol. The van der Waals surface area contributed by atoms with Crippen LogP contribution in [-0.2, 0) is 19.1 Å². The highest BCUT2D eigenvalue weighted by Crippen LogP contribution is 2.43. The third-order valence-corrected chi connectivity index (χ3v) is 6.89. The number of phenolic OH excluding ortho intramolecular Hbond substituents is 1. The number of carbonyl (C=O) groups excluding carboxylic acids is 4. The monoisotopic (exact) mass is 552 g/mol. The van der Waals surface area contributed by atoms with E-state index in [9.17, 15) is 24.3 Å². The summed E-state index contributed by atoms with van der Waals surface area (Å²) in [6.07, 6.45) is -0.798. The van der Waals surface area contributed by atoms with Gasteiger partial charge in [-0.2, -0.15) is 0 Å². The molecule has 216 valence electrons. The molecule has 5 N–H and O–H groups in total. The van der Waals surface area contributed by atoms with E-state index in [0.29, 0.717) is 17.7 Å². The average molecular weight is 553 g/mol. The van der Waals surface area contributed by atoms with Gasteiger partial charge >= 0.3 is 6.09 Å². The molecular formula is C30H40N4O6. The molecule has 0 bridgehead atoms. The van der Waals surface area contributed by atoms with Gasteiger partial charge in [-0.05, 0) is 70.6 Å². The second-order valence-corrected chi connectivity index (χ2v) is 11.6. The molecule has 0 aromatic heterocycles. The van der Waals surface area contributed by atoms with Gasteiger partial charge in [-0.1, -0.05) is 43.3 Å². The molecule has 10 nitrogen and oxygen atoms in total. The molecule has 0 spiro atoms. The van der Waals surface area contributed by atoms with Gasteiger partial charge in [0.2, 0.25) is 11.8 Å². The first-order valence-corrected chi connectivity index (χ1v) is 13.4. The van der Waals surface area contributed by atoms with Crippen LogP contribution in [0.1, 0.15) is 68.8 Å². The van der Waals surface area contributed by atoms with Gasteiger partial charge in [0.05, 0.1) is 6.42 Å². The number of phenols is 1.